The Morgan fingerprint density at radius 2 is 1.89 bits per heavy atom. The topological polar surface area (TPSA) is 20.3 Å². The first-order chi connectivity index (χ1) is 8.58. The molecule has 1 aliphatic rings. The lowest BCUT2D eigenvalue weighted by atomic mass is 9.94. The monoisotopic (exact) mass is 421 g/mol. The van der Waals surface area contributed by atoms with Crippen molar-refractivity contribution in [3.63, 3.8) is 0 Å². The van der Waals surface area contributed by atoms with Gasteiger partial charge in [0.25, 0.3) is 5.91 Å². The Balaban J connectivity index is 1.97. The van der Waals surface area contributed by atoms with Crippen LogP contribution in [0.5, 0.6) is 0 Å². The van der Waals surface area contributed by atoms with Gasteiger partial charge in [0.1, 0.15) is 0 Å². The third-order valence-corrected chi connectivity index (χ3v) is 5.03. The summed E-state index contributed by atoms with van der Waals surface area (Å²) in [5.74, 6) is 0.873. The Hall–Kier alpha value is -0.100. The molecule has 1 atom stereocenters. The van der Waals surface area contributed by atoms with Crippen molar-refractivity contribution in [2.45, 2.75) is 24.6 Å². The zero-order valence-electron chi connectivity index (χ0n) is 10.4. The largest absolute Gasteiger partial charge is 0.339 e. The molecular formula is C14H17BrINO. The summed E-state index contributed by atoms with van der Waals surface area (Å²) in [6, 6.07) is 7.81. The van der Waals surface area contributed by atoms with E-state index in [1.807, 2.05) is 29.2 Å². The zero-order chi connectivity index (χ0) is 13.1. The minimum absolute atomic E-state index is 0.173. The van der Waals surface area contributed by atoms with E-state index in [2.05, 4.69) is 45.4 Å². The second-order valence-electron chi connectivity index (χ2n) is 4.81. The average Bonchev–Trinajstić information content (AvgIpc) is 2.39. The summed E-state index contributed by atoms with van der Waals surface area (Å²) in [7, 11) is 0. The summed E-state index contributed by atoms with van der Waals surface area (Å²) in [6.07, 6.45) is 2.20. The van der Waals surface area contributed by atoms with Crippen LogP contribution in [-0.2, 0) is 0 Å². The van der Waals surface area contributed by atoms with E-state index in [0.717, 1.165) is 35.1 Å². The number of likely N-dealkylation sites (tertiary alicyclic amines) is 1. The molecule has 4 heteroatoms. The number of rotatable bonds is 2. The molecule has 0 spiro atoms. The van der Waals surface area contributed by atoms with E-state index in [1.165, 1.54) is 0 Å². The van der Waals surface area contributed by atoms with Crippen LogP contribution in [0.3, 0.4) is 0 Å². The van der Waals surface area contributed by atoms with E-state index in [4.69, 9.17) is 0 Å². The number of piperidine rings is 1. The summed E-state index contributed by atoms with van der Waals surface area (Å²) >= 11 is 5.90. The number of alkyl halides is 1. The van der Waals surface area contributed by atoms with Crippen molar-refractivity contribution in [1.29, 1.82) is 0 Å². The molecule has 1 fully saturated rings. The zero-order valence-corrected chi connectivity index (χ0v) is 14.1. The van der Waals surface area contributed by atoms with Crippen LogP contribution >= 0.6 is 38.5 Å². The Morgan fingerprint density at radius 3 is 2.39 bits per heavy atom. The Morgan fingerprint density at radius 1 is 1.33 bits per heavy atom. The molecule has 0 radical (unpaired) electrons. The SMILES string of the molecule is CC(Br)C1CCN(C(=O)c2ccc(I)cc2)CC1. The third kappa shape index (κ3) is 3.47. The van der Waals surface area contributed by atoms with E-state index in [-0.39, 0.29) is 5.91 Å². The van der Waals surface area contributed by atoms with Gasteiger partial charge >= 0.3 is 0 Å². The minimum Gasteiger partial charge on any atom is -0.339 e. The van der Waals surface area contributed by atoms with Gasteiger partial charge in [-0.05, 0) is 65.6 Å². The molecule has 18 heavy (non-hydrogen) atoms. The van der Waals surface area contributed by atoms with Crippen LogP contribution in [0.15, 0.2) is 24.3 Å². The number of carbonyl (C=O) groups excluding carboxylic acids is 1. The number of benzene rings is 1. The summed E-state index contributed by atoms with van der Waals surface area (Å²) in [5.41, 5.74) is 0.806. The maximum Gasteiger partial charge on any atom is 0.253 e. The van der Waals surface area contributed by atoms with Crippen LogP contribution in [0.25, 0.3) is 0 Å². The highest BCUT2D eigenvalue weighted by Gasteiger charge is 2.25. The Labute approximate surface area is 130 Å². The molecular weight excluding hydrogens is 405 g/mol. The number of carbonyl (C=O) groups is 1. The van der Waals surface area contributed by atoms with E-state index >= 15 is 0 Å². The molecule has 2 rings (SSSR count). The van der Waals surface area contributed by atoms with Crippen molar-refractivity contribution in [3.8, 4) is 0 Å². The lowest BCUT2D eigenvalue weighted by Crippen LogP contribution is -2.39. The van der Waals surface area contributed by atoms with Crippen LogP contribution in [0.2, 0.25) is 0 Å². The van der Waals surface area contributed by atoms with Gasteiger partial charge in [-0.1, -0.05) is 22.9 Å². The molecule has 1 unspecified atom stereocenters. The first-order valence-electron chi connectivity index (χ1n) is 6.27. The molecule has 0 bridgehead atoms. The summed E-state index contributed by atoms with van der Waals surface area (Å²) in [4.78, 5) is 14.8. The Kier molecular flexibility index (Phi) is 5.06. The smallest absolute Gasteiger partial charge is 0.253 e. The molecule has 1 amide bonds. The van der Waals surface area contributed by atoms with Crippen molar-refractivity contribution in [2.24, 2.45) is 5.92 Å². The van der Waals surface area contributed by atoms with Gasteiger partial charge in [-0.3, -0.25) is 4.79 Å². The fourth-order valence-corrected chi connectivity index (χ4v) is 3.23. The molecule has 0 N–H and O–H groups in total. The number of hydrogen-bond acceptors (Lipinski definition) is 1. The van der Waals surface area contributed by atoms with Crippen molar-refractivity contribution >= 4 is 44.4 Å². The average molecular weight is 422 g/mol. The first kappa shape index (κ1) is 14.3. The normalized spacial score (nSPS) is 18.7. The van der Waals surface area contributed by atoms with Crippen LogP contribution in [0, 0.1) is 9.49 Å². The lowest BCUT2D eigenvalue weighted by Gasteiger charge is -2.33. The first-order valence-corrected chi connectivity index (χ1v) is 8.26. The fourth-order valence-electron chi connectivity index (χ4n) is 2.34. The van der Waals surface area contributed by atoms with Crippen LogP contribution < -0.4 is 0 Å². The standard InChI is InChI=1S/C14H17BrINO/c1-10(15)11-6-8-17(9-7-11)14(18)12-2-4-13(16)5-3-12/h2-5,10-11H,6-9H2,1H3. The molecule has 1 aromatic carbocycles. The van der Waals surface area contributed by atoms with Gasteiger partial charge in [-0.15, -0.1) is 0 Å². The molecule has 1 saturated heterocycles. The van der Waals surface area contributed by atoms with Gasteiger partial charge < -0.3 is 4.90 Å². The van der Waals surface area contributed by atoms with Gasteiger partial charge in [-0.25, -0.2) is 0 Å². The highest BCUT2D eigenvalue weighted by molar-refractivity contribution is 14.1. The van der Waals surface area contributed by atoms with Crippen molar-refractivity contribution in [1.82, 2.24) is 4.90 Å². The van der Waals surface area contributed by atoms with E-state index in [9.17, 15) is 4.79 Å². The second-order valence-corrected chi connectivity index (χ2v) is 7.50. The van der Waals surface area contributed by atoms with Crippen molar-refractivity contribution in [3.05, 3.63) is 33.4 Å². The van der Waals surface area contributed by atoms with E-state index < -0.39 is 0 Å². The number of hydrogen-bond donors (Lipinski definition) is 0. The maximum atomic E-state index is 12.3. The number of nitrogens with zero attached hydrogens (tertiary/aromatic N) is 1. The molecule has 0 saturated carbocycles. The minimum atomic E-state index is 0.173. The lowest BCUT2D eigenvalue weighted by molar-refractivity contribution is 0.0691. The summed E-state index contributed by atoms with van der Waals surface area (Å²) in [6.45, 7) is 3.96. The van der Waals surface area contributed by atoms with Gasteiger partial charge in [-0.2, -0.15) is 0 Å². The summed E-state index contributed by atoms with van der Waals surface area (Å²) < 4.78 is 1.16. The van der Waals surface area contributed by atoms with Crippen LogP contribution in [-0.4, -0.2) is 28.7 Å². The van der Waals surface area contributed by atoms with E-state index in [1.54, 1.807) is 0 Å². The van der Waals surface area contributed by atoms with Crippen LogP contribution in [0.4, 0.5) is 0 Å². The fraction of sp³-hybridized carbons (Fsp3) is 0.500. The number of halogens is 2. The van der Waals surface area contributed by atoms with Gasteiger partial charge in [0, 0.05) is 27.1 Å². The molecule has 1 aliphatic heterocycles. The molecule has 0 aromatic heterocycles. The second kappa shape index (κ2) is 6.37. The van der Waals surface area contributed by atoms with E-state index in [0.29, 0.717) is 10.7 Å². The van der Waals surface area contributed by atoms with Crippen molar-refractivity contribution in [2.75, 3.05) is 13.1 Å². The van der Waals surface area contributed by atoms with Gasteiger partial charge in [0.15, 0.2) is 0 Å². The Bertz CT molecular complexity index is 410. The highest BCUT2D eigenvalue weighted by Crippen LogP contribution is 2.25. The molecule has 1 aromatic rings. The molecule has 98 valence electrons. The third-order valence-electron chi connectivity index (χ3n) is 3.57. The van der Waals surface area contributed by atoms with Crippen molar-refractivity contribution < 1.29 is 4.79 Å². The van der Waals surface area contributed by atoms with Gasteiger partial charge in [0.05, 0.1) is 0 Å². The predicted molar refractivity (Wildman–Crippen MR) is 86.2 cm³/mol. The molecule has 1 heterocycles. The molecule has 2 nitrogen and oxygen atoms in total. The van der Waals surface area contributed by atoms with Gasteiger partial charge in [0.2, 0.25) is 0 Å². The summed E-state index contributed by atoms with van der Waals surface area (Å²) in [5, 5.41) is 0. The number of amides is 1. The maximum absolute atomic E-state index is 12.3. The quantitative estimate of drug-likeness (QED) is 0.523. The predicted octanol–water partition coefficient (Wildman–Crippen LogP) is 3.93. The highest BCUT2D eigenvalue weighted by atomic mass is 127. The van der Waals surface area contributed by atoms with Crippen LogP contribution in [0.1, 0.15) is 30.1 Å². The molecule has 0 aliphatic carbocycles.